The summed E-state index contributed by atoms with van der Waals surface area (Å²) in [4.78, 5) is 0. The Bertz CT molecular complexity index is 533. The van der Waals surface area contributed by atoms with Gasteiger partial charge in [0.15, 0.2) is 0 Å². The Morgan fingerprint density at radius 2 is 1.78 bits per heavy atom. The molecule has 0 aliphatic rings. The molecule has 0 saturated heterocycles. The molecule has 0 fully saturated rings. The number of nitrogens with two attached hydrogens (primary N) is 1. The minimum Gasteiger partial charge on any atom is -0.322 e. The molecule has 0 unspecified atom stereocenters. The van der Waals surface area contributed by atoms with E-state index in [1.807, 2.05) is 31.5 Å². The van der Waals surface area contributed by atoms with Crippen molar-refractivity contribution >= 4 is 0 Å². The van der Waals surface area contributed by atoms with Crippen molar-refractivity contribution in [2.45, 2.75) is 39.8 Å². The van der Waals surface area contributed by atoms with Crippen LogP contribution in [0.1, 0.15) is 36.4 Å². The highest BCUT2D eigenvalue weighted by Gasteiger charge is 2.23. The maximum absolute atomic E-state index is 6.21. The molecular formula is C15H21N3. The Kier molecular flexibility index (Phi) is 3.26. The van der Waals surface area contributed by atoms with Gasteiger partial charge in [0.25, 0.3) is 0 Å². The number of aryl methyl sites for hydroxylation is 1. The summed E-state index contributed by atoms with van der Waals surface area (Å²) in [5, 5.41) is 4.61. The largest absolute Gasteiger partial charge is 0.322 e. The van der Waals surface area contributed by atoms with Crippen LogP contribution in [0.25, 0.3) is 0 Å². The van der Waals surface area contributed by atoms with Crippen LogP contribution in [0, 0.1) is 13.8 Å². The van der Waals surface area contributed by atoms with Crippen LogP contribution in [0.15, 0.2) is 30.3 Å². The molecule has 1 aromatic heterocycles. The predicted octanol–water partition coefficient (Wildman–Crippen LogP) is 2.74. The maximum Gasteiger partial charge on any atom is 0.0662 e. The summed E-state index contributed by atoms with van der Waals surface area (Å²) in [6.45, 7) is 8.96. The van der Waals surface area contributed by atoms with Crippen molar-refractivity contribution in [3.05, 3.63) is 52.8 Å². The van der Waals surface area contributed by atoms with E-state index in [4.69, 9.17) is 5.73 Å². The van der Waals surface area contributed by atoms with E-state index in [1.165, 1.54) is 5.56 Å². The molecule has 0 bridgehead atoms. The fourth-order valence-electron chi connectivity index (χ4n) is 2.54. The number of nitrogens with zero attached hydrogens (tertiary/aromatic N) is 2. The van der Waals surface area contributed by atoms with E-state index in [2.05, 4.69) is 36.3 Å². The molecule has 0 saturated carbocycles. The predicted molar refractivity (Wildman–Crippen MR) is 74.5 cm³/mol. The van der Waals surface area contributed by atoms with Crippen LogP contribution in [0.2, 0.25) is 0 Å². The van der Waals surface area contributed by atoms with Gasteiger partial charge < -0.3 is 5.73 Å². The summed E-state index contributed by atoms with van der Waals surface area (Å²) < 4.78 is 2.04. The Labute approximate surface area is 109 Å². The zero-order valence-corrected chi connectivity index (χ0v) is 11.6. The Balaban J connectivity index is 2.37. The first kappa shape index (κ1) is 12.8. The van der Waals surface area contributed by atoms with E-state index in [-0.39, 0.29) is 5.54 Å². The van der Waals surface area contributed by atoms with Gasteiger partial charge in [0.05, 0.1) is 12.2 Å². The second-order valence-corrected chi connectivity index (χ2v) is 5.41. The lowest BCUT2D eigenvalue weighted by molar-refractivity contribution is 0.544. The molecule has 96 valence electrons. The van der Waals surface area contributed by atoms with Gasteiger partial charge in [-0.05, 0) is 33.3 Å². The molecule has 0 atom stereocenters. The molecule has 2 aromatic rings. The van der Waals surface area contributed by atoms with Gasteiger partial charge in [-0.3, -0.25) is 4.68 Å². The van der Waals surface area contributed by atoms with Gasteiger partial charge in [-0.2, -0.15) is 5.10 Å². The fraction of sp³-hybridized carbons (Fsp3) is 0.400. The van der Waals surface area contributed by atoms with Gasteiger partial charge in [0.1, 0.15) is 0 Å². The summed E-state index contributed by atoms with van der Waals surface area (Å²) in [6.07, 6.45) is 0. The topological polar surface area (TPSA) is 43.8 Å². The molecule has 0 aliphatic carbocycles. The quantitative estimate of drug-likeness (QED) is 0.900. The smallest absolute Gasteiger partial charge is 0.0662 e. The summed E-state index contributed by atoms with van der Waals surface area (Å²) >= 11 is 0. The molecule has 0 spiro atoms. The Morgan fingerprint density at radius 3 is 2.28 bits per heavy atom. The van der Waals surface area contributed by atoms with E-state index in [0.29, 0.717) is 0 Å². The SMILES string of the molecule is Cc1nn(Cc2ccccc2)c(C)c1C(C)(C)N. The molecule has 1 heterocycles. The standard InChI is InChI=1S/C15H21N3/c1-11-14(15(3,4)16)12(2)18(17-11)10-13-8-6-5-7-9-13/h5-9H,10,16H2,1-4H3. The zero-order valence-electron chi connectivity index (χ0n) is 11.6. The zero-order chi connectivity index (χ0) is 13.3. The fourth-order valence-corrected chi connectivity index (χ4v) is 2.54. The van der Waals surface area contributed by atoms with Crippen LogP contribution in [0.5, 0.6) is 0 Å². The molecule has 0 amide bonds. The Hall–Kier alpha value is -1.61. The van der Waals surface area contributed by atoms with E-state index in [9.17, 15) is 0 Å². The van der Waals surface area contributed by atoms with E-state index in [0.717, 1.165) is 23.5 Å². The van der Waals surface area contributed by atoms with Crippen molar-refractivity contribution in [2.24, 2.45) is 5.73 Å². The number of hydrogen-bond acceptors (Lipinski definition) is 2. The minimum absolute atomic E-state index is 0.344. The first-order valence-corrected chi connectivity index (χ1v) is 6.27. The van der Waals surface area contributed by atoms with Crippen molar-refractivity contribution in [2.75, 3.05) is 0 Å². The van der Waals surface area contributed by atoms with Gasteiger partial charge >= 0.3 is 0 Å². The van der Waals surface area contributed by atoms with Crippen molar-refractivity contribution in [1.82, 2.24) is 9.78 Å². The van der Waals surface area contributed by atoms with E-state index >= 15 is 0 Å². The highest BCUT2D eigenvalue weighted by molar-refractivity contribution is 5.31. The molecule has 0 radical (unpaired) electrons. The van der Waals surface area contributed by atoms with Crippen molar-refractivity contribution in [3.8, 4) is 0 Å². The van der Waals surface area contributed by atoms with Crippen LogP contribution in [0.3, 0.4) is 0 Å². The number of rotatable bonds is 3. The monoisotopic (exact) mass is 243 g/mol. The third-order valence-electron chi connectivity index (χ3n) is 3.20. The molecule has 2 rings (SSSR count). The van der Waals surface area contributed by atoms with Gasteiger partial charge in [0.2, 0.25) is 0 Å². The molecule has 18 heavy (non-hydrogen) atoms. The van der Waals surface area contributed by atoms with Crippen LogP contribution in [0.4, 0.5) is 0 Å². The lowest BCUT2D eigenvalue weighted by Crippen LogP contribution is -2.30. The summed E-state index contributed by atoms with van der Waals surface area (Å²) in [5.41, 5.74) is 10.5. The second-order valence-electron chi connectivity index (χ2n) is 5.41. The van der Waals surface area contributed by atoms with Crippen LogP contribution >= 0.6 is 0 Å². The number of benzene rings is 1. The molecular weight excluding hydrogens is 222 g/mol. The number of hydrogen-bond donors (Lipinski definition) is 1. The molecule has 1 aromatic carbocycles. The lowest BCUT2D eigenvalue weighted by Gasteiger charge is -2.19. The average molecular weight is 243 g/mol. The molecule has 2 N–H and O–H groups in total. The van der Waals surface area contributed by atoms with Crippen LogP contribution in [-0.2, 0) is 12.1 Å². The average Bonchev–Trinajstić information content (AvgIpc) is 2.54. The summed E-state index contributed by atoms with van der Waals surface area (Å²) in [6, 6.07) is 10.4. The minimum atomic E-state index is -0.344. The lowest BCUT2D eigenvalue weighted by atomic mass is 9.94. The van der Waals surface area contributed by atoms with Gasteiger partial charge in [-0.15, -0.1) is 0 Å². The first-order chi connectivity index (χ1) is 8.39. The van der Waals surface area contributed by atoms with Gasteiger partial charge in [0, 0.05) is 16.8 Å². The van der Waals surface area contributed by atoms with Crippen LogP contribution in [-0.4, -0.2) is 9.78 Å². The highest BCUT2D eigenvalue weighted by Crippen LogP contribution is 2.24. The maximum atomic E-state index is 6.21. The third kappa shape index (κ3) is 2.46. The Morgan fingerprint density at radius 1 is 1.17 bits per heavy atom. The van der Waals surface area contributed by atoms with E-state index in [1.54, 1.807) is 0 Å². The normalized spacial score (nSPS) is 11.8. The molecule has 0 aliphatic heterocycles. The van der Waals surface area contributed by atoms with Crippen LogP contribution < -0.4 is 5.73 Å². The van der Waals surface area contributed by atoms with Crippen molar-refractivity contribution < 1.29 is 0 Å². The molecule has 3 nitrogen and oxygen atoms in total. The number of aromatic nitrogens is 2. The van der Waals surface area contributed by atoms with Crippen molar-refractivity contribution in [1.29, 1.82) is 0 Å². The summed E-state index contributed by atoms with van der Waals surface area (Å²) in [5.74, 6) is 0. The molecule has 3 heteroatoms. The van der Waals surface area contributed by atoms with Gasteiger partial charge in [-0.1, -0.05) is 30.3 Å². The van der Waals surface area contributed by atoms with Crippen molar-refractivity contribution in [3.63, 3.8) is 0 Å². The summed E-state index contributed by atoms with van der Waals surface area (Å²) in [7, 11) is 0. The second kappa shape index (κ2) is 4.58. The van der Waals surface area contributed by atoms with E-state index < -0.39 is 0 Å². The first-order valence-electron chi connectivity index (χ1n) is 6.27. The van der Waals surface area contributed by atoms with Gasteiger partial charge in [-0.25, -0.2) is 0 Å². The highest BCUT2D eigenvalue weighted by atomic mass is 15.3. The third-order valence-corrected chi connectivity index (χ3v) is 3.20.